The molecule has 0 aliphatic carbocycles. The predicted octanol–water partition coefficient (Wildman–Crippen LogP) is 2.39. The molecule has 0 aliphatic rings. The van der Waals surface area contributed by atoms with Gasteiger partial charge in [0.25, 0.3) is 0 Å². The van der Waals surface area contributed by atoms with Crippen molar-refractivity contribution < 1.29 is 9.53 Å². The third-order valence-corrected chi connectivity index (χ3v) is 4.83. The number of pyridine rings is 1. The Morgan fingerprint density at radius 1 is 1.30 bits per heavy atom. The molecule has 2 heterocycles. The van der Waals surface area contributed by atoms with E-state index in [1.807, 2.05) is 46.7 Å². The third kappa shape index (κ3) is 3.36. The Morgan fingerprint density at radius 3 is 2.87 bits per heavy atom. The van der Waals surface area contributed by atoms with Crippen molar-refractivity contribution in [1.82, 2.24) is 12.6 Å². The quantitative estimate of drug-likeness (QED) is 0.432. The summed E-state index contributed by atoms with van der Waals surface area (Å²) in [5, 5.41) is 8.36. The molecule has 3 aromatic rings. The summed E-state index contributed by atoms with van der Waals surface area (Å²) in [5.74, 6) is 0.582. The molecular formula is C16H15N4O2Tl. The van der Waals surface area contributed by atoms with Crippen LogP contribution in [0.15, 0.2) is 36.5 Å². The molecular weight excluding hydrogens is 485 g/mol. The molecule has 1 amide bonds. The van der Waals surface area contributed by atoms with Crippen molar-refractivity contribution in [2.24, 2.45) is 0 Å². The van der Waals surface area contributed by atoms with Gasteiger partial charge in [0.15, 0.2) is 0 Å². The van der Waals surface area contributed by atoms with Gasteiger partial charge in [0.1, 0.15) is 0 Å². The Morgan fingerprint density at radius 2 is 2.13 bits per heavy atom. The summed E-state index contributed by atoms with van der Waals surface area (Å²) < 4.78 is 7.65. The molecule has 1 aromatic carbocycles. The first-order valence-electron chi connectivity index (χ1n) is 7.19. The molecule has 1 N–H and O–H groups in total. The number of anilines is 1. The number of hydrogen-bond donors (Lipinski definition) is 1. The number of amides is 1. The van der Waals surface area contributed by atoms with Gasteiger partial charge in [0, 0.05) is 0 Å². The van der Waals surface area contributed by atoms with Crippen LogP contribution in [0.4, 0.5) is 5.69 Å². The molecule has 2 aromatic heterocycles. The average molecular weight is 500 g/mol. The van der Waals surface area contributed by atoms with Gasteiger partial charge in [-0.15, -0.1) is 0 Å². The molecule has 0 radical (unpaired) electrons. The SMILES string of the molecule is CC(C)Oc1cc(-c2n[n]([Tl])c3ccc(NC=O)cc23)ccn1. The van der Waals surface area contributed by atoms with Crippen molar-refractivity contribution in [3.05, 3.63) is 36.5 Å². The van der Waals surface area contributed by atoms with Gasteiger partial charge >= 0.3 is 150 Å². The fourth-order valence-electron chi connectivity index (χ4n) is 2.37. The van der Waals surface area contributed by atoms with Gasteiger partial charge < -0.3 is 0 Å². The molecule has 0 bridgehead atoms. The summed E-state index contributed by atoms with van der Waals surface area (Å²) in [6, 6.07) is 9.60. The van der Waals surface area contributed by atoms with Gasteiger partial charge in [-0.3, -0.25) is 0 Å². The van der Waals surface area contributed by atoms with Gasteiger partial charge in [-0.25, -0.2) is 0 Å². The molecule has 23 heavy (non-hydrogen) atoms. The molecule has 0 saturated carbocycles. The van der Waals surface area contributed by atoms with E-state index in [4.69, 9.17) is 4.74 Å². The zero-order valence-electron chi connectivity index (χ0n) is 12.9. The van der Waals surface area contributed by atoms with Crippen molar-refractivity contribution in [2.75, 3.05) is 5.32 Å². The van der Waals surface area contributed by atoms with Gasteiger partial charge in [0.05, 0.1) is 0 Å². The first kappa shape index (κ1) is 15.9. The van der Waals surface area contributed by atoms with Crippen molar-refractivity contribution in [3.8, 4) is 17.1 Å². The number of carbonyl (C=O) groups excluding carboxylic acids is 1. The van der Waals surface area contributed by atoms with Crippen molar-refractivity contribution in [3.63, 3.8) is 0 Å². The zero-order chi connectivity index (χ0) is 16.4. The normalized spacial score (nSPS) is 10.9. The Labute approximate surface area is 150 Å². The molecule has 0 aliphatic heterocycles. The van der Waals surface area contributed by atoms with E-state index in [2.05, 4.69) is 15.4 Å². The third-order valence-electron chi connectivity index (χ3n) is 3.30. The van der Waals surface area contributed by atoms with Crippen molar-refractivity contribution >= 4 is 49.1 Å². The summed E-state index contributed by atoms with van der Waals surface area (Å²) in [6.07, 6.45) is 2.46. The number of fused-ring (bicyclic) bond motifs is 1. The van der Waals surface area contributed by atoms with E-state index >= 15 is 0 Å². The van der Waals surface area contributed by atoms with Crippen LogP contribution in [0.1, 0.15) is 13.8 Å². The van der Waals surface area contributed by atoms with Gasteiger partial charge in [-0.05, 0) is 0 Å². The Kier molecular flexibility index (Phi) is 4.60. The number of benzene rings is 1. The minimum absolute atomic E-state index is 0.0653. The summed E-state index contributed by atoms with van der Waals surface area (Å²) in [6.45, 7) is 3.93. The van der Waals surface area contributed by atoms with Crippen LogP contribution >= 0.6 is 0 Å². The molecule has 0 fully saturated rings. The van der Waals surface area contributed by atoms with E-state index < -0.39 is 0 Å². The molecule has 7 heteroatoms. The molecule has 6 nitrogen and oxygen atoms in total. The molecule has 3 rings (SSSR count). The summed E-state index contributed by atoms with van der Waals surface area (Å²) in [5.41, 5.74) is 3.63. The van der Waals surface area contributed by atoms with Crippen molar-refractivity contribution in [1.29, 1.82) is 0 Å². The number of hydrogen-bond acceptors (Lipinski definition) is 4. The minimum atomic E-state index is 0.0653. The Bertz CT molecular complexity index is 860. The second-order valence-corrected chi connectivity index (χ2v) is 7.24. The maximum atomic E-state index is 10.7. The molecule has 114 valence electrons. The van der Waals surface area contributed by atoms with E-state index in [9.17, 15) is 4.79 Å². The van der Waals surface area contributed by atoms with Crippen LogP contribution in [0, 0.1) is 0 Å². The standard InChI is InChI=1S/C16H16N4O2.Tl/c1-10(2)22-15-7-11(5-6-17-15)16-13-8-12(18-9-21)3-4-14(13)19-20-16;/h3-10H,1-2H3,(H2,17,18,19,20,21);/q;+1/p-1. The number of ether oxygens (including phenoxy) is 1. The van der Waals surface area contributed by atoms with E-state index in [0.717, 1.165) is 27.8 Å². The van der Waals surface area contributed by atoms with Crippen LogP contribution in [-0.2, 0) is 4.79 Å². The summed E-state index contributed by atoms with van der Waals surface area (Å²) in [7, 11) is 0. The van der Waals surface area contributed by atoms with Crippen LogP contribution < -0.4 is 10.1 Å². The van der Waals surface area contributed by atoms with Gasteiger partial charge in [-0.2, -0.15) is 0 Å². The zero-order valence-corrected chi connectivity index (χ0v) is 17.3. The fourth-order valence-corrected chi connectivity index (χ4v) is 3.70. The number of nitrogens with zero attached hydrogens (tertiary/aromatic N) is 3. The summed E-state index contributed by atoms with van der Waals surface area (Å²) in [4.78, 5) is 14.9. The number of aromatic nitrogens is 3. The van der Waals surface area contributed by atoms with Crippen LogP contribution in [0.5, 0.6) is 5.88 Å². The van der Waals surface area contributed by atoms with Crippen LogP contribution in [0.3, 0.4) is 0 Å². The molecule has 0 spiro atoms. The average Bonchev–Trinajstić information content (AvgIpc) is 2.84. The van der Waals surface area contributed by atoms with Gasteiger partial charge in [0.2, 0.25) is 0 Å². The van der Waals surface area contributed by atoms with Crippen LogP contribution in [0.2, 0.25) is 0 Å². The Hall–Kier alpha value is -1.97. The fraction of sp³-hybridized carbons (Fsp3) is 0.188. The van der Waals surface area contributed by atoms with Crippen molar-refractivity contribution in [2.45, 2.75) is 20.0 Å². The number of carbonyl (C=O) groups is 1. The first-order chi connectivity index (χ1) is 11.1. The Balaban J connectivity index is 2.11. The molecule has 0 unspecified atom stereocenters. The number of rotatable bonds is 5. The summed E-state index contributed by atoms with van der Waals surface area (Å²) >= 11 is 0.550. The topological polar surface area (TPSA) is 69.0 Å². The predicted molar refractivity (Wildman–Crippen MR) is 89.6 cm³/mol. The van der Waals surface area contributed by atoms with E-state index in [-0.39, 0.29) is 6.10 Å². The van der Waals surface area contributed by atoms with Crippen LogP contribution in [0.25, 0.3) is 22.2 Å². The number of nitrogens with one attached hydrogen (secondary N) is 1. The second kappa shape index (κ2) is 6.65. The van der Waals surface area contributed by atoms with Gasteiger partial charge in [-0.1, -0.05) is 0 Å². The molecule has 0 atom stereocenters. The first-order valence-corrected chi connectivity index (χ1v) is 9.20. The monoisotopic (exact) mass is 500 g/mol. The van der Waals surface area contributed by atoms with E-state index in [1.165, 1.54) is 0 Å². The molecule has 0 saturated heterocycles. The maximum absolute atomic E-state index is 10.7. The van der Waals surface area contributed by atoms with E-state index in [1.54, 1.807) is 6.20 Å². The van der Waals surface area contributed by atoms with Crippen LogP contribution in [-0.4, -0.2) is 51.2 Å². The second-order valence-electron chi connectivity index (χ2n) is 5.34. The van der Waals surface area contributed by atoms with E-state index in [0.29, 0.717) is 38.4 Å².